The second-order valence-electron chi connectivity index (χ2n) is 3.67. The van der Waals surface area contributed by atoms with Crippen LogP contribution in [0.2, 0.25) is 0 Å². The fourth-order valence-corrected chi connectivity index (χ4v) is 1.93. The SMILES string of the molecule is Cl.O=C(c1ccc(Br)c(F)c1)N1CCNCC1. The van der Waals surface area contributed by atoms with Crippen LogP contribution >= 0.6 is 28.3 Å². The summed E-state index contributed by atoms with van der Waals surface area (Å²) >= 11 is 3.06. The Morgan fingerprint density at radius 2 is 2.00 bits per heavy atom. The molecule has 1 heterocycles. The van der Waals surface area contributed by atoms with Crippen molar-refractivity contribution in [2.45, 2.75) is 0 Å². The van der Waals surface area contributed by atoms with Crippen molar-refractivity contribution in [1.29, 1.82) is 0 Å². The number of nitrogens with zero attached hydrogens (tertiary/aromatic N) is 1. The number of carbonyl (C=O) groups is 1. The van der Waals surface area contributed by atoms with E-state index in [1.54, 1.807) is 17.0 Å². The third kappa shape index (κ3) is 3.40. The van der Waals surface area contributed by atoms with Crippen molar-refractivity contribution in [2.24, 2.45) is 0 Å². The van der Waals surface area contributed by atoms with Gasteiger partial charge in [-0.3, -0.25) is 4.79 Å². The van der Waals surface area contributed by atoms with Gasteiger partial charge in [-0.05, 0) is 34.1 Å². The largest absolute Gasteiger partial charge is 0.336 e. The molecule has 1 amide bonds. The highest BCUT2D eigenvalue weighted by Gasteiger charge is 2.18. The number of hydrogen-bond acceptors (Lipinski definition) is 2. The van der Waals surface area contributed by atoms with Crippen molar-refractivity contribution in [1.82, 2.24) is 10.2 Å². The van der Waals surface area contributed by atoms with E-state index in [2.05, 4.69) is 21.2 Å². The first-order chi connectivity index (χ1) is 7.68. The Labute approximate surface area is 114 Å². The third-order valence-electron chi connectivity index (χ3n) is 2.57. The second-order valence-corrected chi connectivity index (χ2v) is 4.53. The molecule has 6 heteroatoms. The van der Waals surface area contributed by atoms with Crippen molar-refractivity contribution in [2.75, 3.05) is 26.2 Å². The summed E-state index contributed by atoms with van der Waals surface area (Å²) in [4.78, 5) is 13.7. The number of piperazine rings is 1. The first kappa shape index (κ1) is 14.4. The molecule has 0 saturated carbocycles. The zero-order valence-electron chi connectivity index (χ0n) is 9.08. The Balaban J connectivity index is 0.00000144. The van der Waals surface area contributed by atoms with E-state index in [1.165, 1.54) is 6.07 Å². The van der Waals surface area contributed by atoms with E-state index in [0.29, 0.717) is 23.1 Å². The molecule has 0 radical (unpaired) electrons. The van der Waals surface area contributed by atoms with Crippen molar-refractivity contribution >= 4 is 34.2 Å². The van der Waals surface area contributed by atoms with Crippen molar-refractivity contribution in [3.8, 4) is 0 Å². The van der Waals surface area contributed by atoms with E-state index >= 15 is 0 Å². The van der Waals surface area contributed by atoms with E-state index in [1.807, 2.05) is 0 Å². The molecule has 1 fully saturated rings. The molecule has 0 spiro atoms. The van der Waals surface area contributed by atoms with Crippen LogP contribution in [-0.4, -0.2) is 37.0 Å². The van der Waals surface area contributed by atoms with Gasteiger partial charge >= 0.3 is 0 Å². The highest BCUT2D eigenvalue weighted by Crippen LogP contribution is 2.17. The lowest BCUT2D eigenvalue weighted by molar-refractivity contribution is 0.0735. The Bertz CT molecular complexity index is 410. The summed E-state index contributed by atoms with van der Waals surface area (Å²) in [5.74, 6) is -0.506. The monoisotopic (exact) mass is 322 g/mol. The van der Waals surface area contributed by atoms with E-state index in [9.17, 15) is 9.18 Å². The summed E-state index contributed by atoms with van der Waals surface area (Å²) in [6.07, 6.45) is 0. The second kappa shape index (κ2) is 6.33. The van der Waals surface area contributed by atoms with Gasteiger partial charge in [0.2, 0.25) is 0 Å². The minimum absolute atomic E-state index is 0. The lowest BCUT2D eigenvalue weighted by Crippen LogP contribution is -2.46. The van der Waals surface area contributed by atoms with Gasteiger partial charge in [-0.15, -0.1) is 12.4 Å². The molecule has 3 nitrogen and oxygen atoms in total. The smallest absolute Gasteiger partial charge is 0.254 e. The van der Waals surface area contributed by atoms with E-state index < -0.39 is 5.82 Å². The quantitative estimate of drug-likeness (QED) is 0.858. The van der Waals surface area contributed by atoms with Crippen molar-refractivity contribution in [3.05, 3.63) is 34.1 Å². The summed E-state index contributed by atoms with van der Waals surface area (Å²) in [6, 6.07) is 4.47. The number of hydrogen-bond donors (Lipinski definition) is 1. The molecule has 0 aromatic heterocycles. The number of nitrogens with one attached hydrogen (secondary N) is 1. The average Bonchev–Trinajstić information content (AvgIpc) is 2.33. The highest BCUT2D eigenvalue weighted by molar-refractivity contribution is 9.10. The van der Waals surface area contributed by atoms with Crippen LogP contribution in [0.4, 0.5) is 4.39 Å². The minimum atomic E-state index is -0.402. The molecular weight excluding hydrogens is 310 g/mol. The summed E-state index contributed by atoms with van der Waals surface area (Å²) in [5.41, 5.74) is 0.405. The normalized spacial score (nSPS) is 15.3. The minimum Gasteiger partial charge on any atom is -0.336 e. The predicted octanol–water partition coefficient (Wildman–Crippen LogP) is 2.06. The number of amides is 1. The number of rotatable bonds is 1. The Hall–Kier alpha value is -0.650. The fourth-order valence-electron chi connectivity index (χ4n) is 1.68. The van der Waals surface area contributed by atoms with Crippen LogP contribution < -0.4 is 5.32 Å². The first-order valence-corrected chi connectivity index (χ1v) is 5.93. The average molecular weight is 324 g/mol. The van der Waals surface area contributed by atoms with Gasteiger partial charge in [0.25, 0.3) is 5.91 Å². The molecule has 1 aliphatic rings. The molecule has 1 aliphatic heterocycles. The molecule has 0 bridgehead atoms. The van der Waals surface area contributed by atoms with Gasteiger partial charge in [-0.25, -0.2) is 4.39 Å². The Kier molecular flexibility index (Phi) is 5.36. The lowest BCUT2D eigenvalue weighted by Gasteiger charge is -2.27. The van der Waals surface area contributed by atoms with Crippen LogP contribution in [0.25, 0.3) is 0 Å². The van der Waals surface area contributed by atoms with Crippen LogP contribution in [0.5, 0.6) is 0 Å². The van der Waals surface area contributed by atoms with Crippen molar-refractivity contribution < 1.29 is 9.18 Å². The van der Waals surface area contributed by atoms with Gasteiger partial charge in [0.15, 0.2) is 0 Å². The van der Waals surface area contributed by atoms with Crippen LogP contribution in [0.3, 0.4) is 0 Å². The third-order valence-corrected chi connectivity index (χ3v) is 3.21. The summed E-state index contributed by atoms with van der Waals surface area (Å²) < 4.78 is 13.7. The number of halogens is 3. The molecule has 17 heavy (non-hydrogen) atoms. The van der Waals surface area contributed by atoms with Gasteiger partial charge in [-0.2, -0.15) is 0 Å². The molecule has 1 aromatic rings. The summed E-state index contributed by atoms with van der Waals surface area (Å²) in [5, 5.41) is 3.17. The number of carbonyl (C=O) groups excluding carboxylic acids is 1. The molecule has 0 aliphatic carbocycles. The molecule has 1 N–H and O–H groups in total. The van der Waals surface area contributed by atoms with E-state index in [0.717, 1.165) is 13.1 Å². The van der Waals surface area contributed by atoms with Crippen LogP contribution in [0, 0.1) is 5.82 Å². The standard InChI is InChI=1S/C11H12BrFN2O.ClH/c12-9-2-1-8(7-10(9)13)11(16)15-5-3-14-4-6-15;/h1-2,7,14H,3-6H2;1H. The van der Waals surface area contributed by atoms with Gasteiger partial charge in [-0.1, -0.05) is 0 Å². The van der Waals surface area contributed by atoms with Crippen LogP contribution in [0.1, 0.15) is 10.4 Å². The molecule has 94 valence electrons. The predicted molar refractivity (Wildman–Crippen MR) is 70.1 cm³/mol. The Morgan fingerprint density at radius 1 is 1.35 bits per heavy atom. The molecule has 0 unspecified atom stereocenters. The van der Waals surface area contributed by atoms with Gasteiger partial charge in [0, 0.05) is 31.7 Å². The lowest BCUT2D eigenvalue weighted by atomic mass is 10.2. The van der Waals surface area contributed by atoms with E-state index in [-0.39, 0.29) is 18.3 Å². The maximum absolute atomic E-state index is 13.3. The van der Waals surface area contributed by atoms with Gasteiger partial charge in [0.1, 0.15) is 5.82 Å². The summed E-state index contributed by atoms with van der Waals surface area (Å²) in [7, 11) is 0. The maximum atomic E-state index is 13.3. The highest BCUT2D eigenvalue weighted by atomic mass is 79.9. The van der Waals surface area contributed by atoms with Gasteiger partial charge < -0.3 is 10.2 Å². The molecule has 2 rings (SSSR count). The molecule has 1 saturated heterocycles. The zero-order chi connectivity index (χ0) is 11.5. The fraction of sp³-hybridized carbons (Fsp3) is 0.364. The molecule has 1 aromatic carbocycles. The topological polar surface area (TPSA) is 32.3 Å². The first-order valence-electron chi connectivity index (χ1n) is 5.13. The van der Waals surface area contributed by atoms with E-state index in [4.69, 9.17) is 0 Å². The van der Waals surface area contributed by atoms with Crippen LogP contribution in [0.15, 0.2) is 22.7 Å². The molecular formula is C11H13BrClFN2O. The Morgan fingerprint density at radius 3 is 2.59 bits per heavy atom. The number of benzene rings is 1. The van der Waals surface area contributed by atoms with Crippen LogP contribution in [-0.2, 0) is 0 Å². The summed E-state index contributed by atoms with van der Waals surface area (Å²) in [6.45, 7) is 2.95. The molecule has 0 atom stereocenters. The maximum Gasteiger partial charge on any atom is 0.254 e. The van der Waals surface area contributed by atoms with Gasteiger partial charge in [0.05, 0.1) is 4.47 Å². The zero-order valence-corrected chi connectivity index (χ0v) is 11.5. The van der Waals surface area contributed by atoms with Crippen molar-refractivity contribution in [3.63, 3.8) is 0 Å².